The number of anilines is 2. The average molecular weight is 460 g/mol. The molecule has 1 fully saturated rings. The maximum atomic E-state index is 12.7. The largest absolute Gasteiger partial charge is 0.454 e. The molecule has 0 aromatic heterocycles. The predicted octanol–water partition coefficient (Wildman–Crippen LogP) is 2.44. The van der Waals surface area contributed by atoms with Crippen molar-refractivity contribution in [2.45, 2.75) is 25.2 Å². The number of amides is 2. The van der Waals surface area contributed by atoms with Crippen LogP contribution in [0.3, 0.4) is 0 Å². The monoisotopic (exact) mass is 459 g/mol. The van der Waals surface area contributed by atoms with Crippen molar-refractivity contribution in [3.05, 3.63) is 42.5 Å². The predicted molar refractivity (Wildman–Crippen MR) is 118 cm³/mol. The number of nitrogens with one attached hydrogen (secondary N) is 1. The van der Waals surface area contributed by atoms with Gasteiger partial charge in [-0.3, -0.25) is 9.59 Å². The second kappa shape index (κ2) is 8.79. The van der Waals surface area contributed by atoms with E-state index in [0.717, 1.165) is 0 Å². The lowest BCUT2D eigenvalue weighted by atomic mass is 10.1. The number of nitrogens with zero attached hydrogens (tertiary/aromatic N) is 2. The van der Waals surface area contributed by atoms with Crippen LogP contribution in [0.2, 0.25) is 0 Å². The molecule has 0 bridgehead atoms. The van der Waals surface area contributed by atoms with E-state index in [1.54, 1.807) is 44.2 Å². The summed E-state index contributed by atoms with van der Waals surface area (Å²) in [5.41, 5.74) is 1.13. The number of fused-ring (bicyclic) bond motifs is 1. The van der Waals surface area contributed by atoms with Crippen molar-refractivity contribution in [1.29, 1.82) is 0 Å². The molecule has 1 N–H and O–H groups in total. The summed E-state index contributed by atoms with van der Waals surface area (Å²) < 4.78 is 37.3. The summed E-state index contributed by atoms with van der Waals surface area (Å²) in [6, 6.07) is 11.3. The summed E-state index contributed by atoms with van der Waals surface area (Å²) in [6.07, 6.45) is 0.0792. The first kappa shape index (κ1) is 22.1. The van der Waals surface area contributed by atoms with Crippen LogP contribution in [0.5, 0.6) is 11.5 Å². The van der Waals surface area contributed by atoms with E-state index in [1.807, 2.05) is 0 Å². The number of sulfonamides is 1. The second-order valence-corrected chi connectivity index (χ2v) is 9.48. The molecule has 0 radical (unpaired) electrons. The molecule has 2 aromatic carbocycles. The lowest BCUT2D eigenvalue weighted by molar-refractivity contribution is -0.122. The molecule has 2 amide bonds. The first-order valence-corrected chi connectivity index (χ1v) is 11.9. The summed E-state index contributed by atoms with van der Waals surface area (Å²) in [7, 11) is -3.57. The third-order valence-electron chi connectivity index (χ3n) is 5.63. The molecule has 1 saturated heterocycles. The fourth-order valence-corrected chi connectivity index (χ4v) is 5.32. The van der Waals surface area contributed by atoms with Gasteiger partial charge in [-0.25, -0.2) is 8.42 Å². The van der Waals surface area contributed by atoms with Crippen molar-refractivity contribution < 1.29 is 27.5 Å². The molecule has 2 aromatic rings. The number of rotatable bonds is 7. The number of ether oxygens (including phenoxy) is 2. The minimum absolute atomic E-state index is 0.0792. The zero-order valence-corrected chi connectivity index (χ0v) is 18.7. The highest BCUT2D eigenvalue weighted by Gasteiger charge is 2.35. The Hall–Kier alpha value is -3.11. The summed E-state index contributed by atoms with van der Waals surface area (Å²) >= 11 is 0. The van der Waals surface area contributed by atoms with Crippen molar-refractivity contribution in [3.63, 3.8) is 0 Å². The third-order valence-corrected chi connectivity index (χ3v) is 7.69. The van der Waals surface area contributed by atoms with Gasteiger partial charge in [-0.05, 0) is 36.4 Å². The number of hydrogen-bond donors (Lipinski definition) is 1. The molecule has 0 aliphatic carbocycles. The van der Waals surface area contributed by atoms with Crippen molar-refractivity contribution >= 4 is 33.2 Å². The Kier molecular flexibility index (Phi) is 6.07. The number of hydrogen-bond acceptors (Lipinski definition) is 6. The normalized spacial score (nSPS) is 17.8. The Morgan fingerprint density at radius 2 is 1.78 bits per heavy atom. The lowest BCUT2D eigenvalue weighted by Gasteiger charge is -2.20. The molecule has 170 valence electrons. The molecule has 2 aliphatic rings. The van der Waals surface area contributed by atoms with Gasteiger partial charge in [-0.2, -0.15) is 4.31 Å². The first-order chi connectivity index (χ1) is 15.3. The Morgan fingerprint density at radius 3 is 2.47 bits per heavy atom. The fraction of sp³-hybridized carbons (Fsp3) is 0.364. The van der Waals surface area contributed by atoms with Gasteiger partial charge in [0.2, 0.25) is 28.6 Å². The third kappa shape index (κ3) is 4.15. The van der Waals surface area contributed by atoms with Gasteiger partial charge in [0.1, 0.15) is 0 Å². The van der Waals surface area contributed by atoms with Crippen LogP contribution in [-0.2, 0) is 19.6 Å². The molecule has 32 heavy (non-hydrogen) atoms. The minimum Gasteiger partial charge on any atom is -0.454 e. The molecule has 2 aliphatic heterocycles. The van der Waals surface area contributed by atoms with Gasteiger partial charge in [0.05, 0.1) is 10.8 Å². The molecule has 1 atom stereocenters. The highest BCUT2D eigenvalue weighted by molar-refractivity contribution is 7.89. The van der Waals surface area contributed by atoms with E-state index < -0.39 is 15.9 Å². The van der Waals surface area contributed by atoms with Crippen LogP contribution in [0.15, 0.2) is 47.4 Å². The standard InChI is InChI=1S/C22H25N3O6S/c1-3-24(4-2)32(28,29)18-8-6-17(7-9-18)25-13-15(11-21(25)26)22(27)23-16-5-10-19-20(12-16)31-14-30-19/h5-10,12,15H,3-4,11,13-14H2,1-2H3,(H,23,27)/t15-/m0/s1. The van der Waals surface area contributed by atoms with E-state index in [1.165, 1.54) is 21.3 Å². The van der Waals surface area contributed by atoms with Crippen molar-refractivity contribution in [2.24, 2.45) is 5.92 Å². The molecule has 4 rings (SSSR count). The fourth-order valence-electron chi connectivity index (χ4n) is 3.86. The molecule has 0 spiro atoms. The van der Waals surface area contributed by atoms with E-state index in [0.29, 0.717) is 36.0 Å². The van der Waals surface area contributed by atoms with Crippen LogP contribution in [0.4, 0.5) is 11.4 Å². The number of carbonyl (C=O) groups is 2. The SMILES string of the molecule is CCN(CC)S(=O)(=O)c1ccc(N2C[C@@H](C(=O)Nc3ccc4c(c3)OCO4)CC2=O)cc1. The van der Waals surface area contributed by atoms with Crippen LogP contribution < -0.4 is 19.7 Å². The Labute approximate surface area is 187 Å². The maximum Gasteiger partial charge on any atom is 0.243 e. The smallest absolute Gasteiger partial charge is 0.243 e. The molecule has 10 heteroatoms. The van der Waals surface area contributed by atoms with E-state index in [4.69, 9.17) is 9.47 Å². The van der Waals surface area contributed by atoms with Gasteiger partial charge in [-0.1, -0.05) is 13.8 Å². The van der Waals surface area contributed by atoms with Crippen LogP contribution in [0.25, 0.3) is 0 Å². The quantitative estimate of drug-likeness (QED) is 0.682. The molecular formula is C22H25N3O6S. The number of benzene rings is 2. The van der Waals surface area contributed by atoms with Gasteiger partial charge in [-0.15, -0.1) is 0 Å². The van der Waals surface area contributed by atoms with Gasteiger partial charge < -0.3 is 19.7 Å². The van der Waals surface area contributed by atoms with E-state index in [-0.39, 0.29) is 36.5 Å². The molecule has 0 unspecified atom stereocenters. The van der Waals surface area contributed by atoms with E-state index in [9.17, 15) is 18.0 Å². The van der Waals surface area contributed by atoms with Gasteiger partial charge in [0, 0.05) is 43.5 Å². The zero-order chi connectivity index (χ0) is 22.9. The maximum absolute atomic E-state index is 12.7. The summed E-state index contributed by atoms with van der Waals surface area (Å²) in [4.78, 5) is 27.0. The molecule has 0 saturated carbocycles. The Balaban J connectivity index is 1.44. The Bertz CT molecular complexity index is 1130. The van der Waals surface area contributed by atoms with Crippen LogP contribution >= 0.6 is 0 Å². The second-order valence-electron chi connectivity index (χ2n) is 7.55. The molecule has 9 nitrogen and oxygen atoms in total. The van der Waals surface area contributed by atoms with E-state index in [2.05, 4.69) is 5.32 Å². The zero-order valence-electron chi connectivity index (χ0n) is 17.9. The van der Waals surface area contributed by atoms with Gasteiger partial charge in [0.25, 0.3) is 0 Å². The van der Waals surface area contributed by atoms with Crippen molar-refractivity contribution in [1.82, 2.24) is 4.31 Å². The number of carbonyl (C=O) groups excluding carboxylic acids is 2. The topological polar surface area (TPSA) is 105 Å². The highest BCUT2D eigenvalue weighted by atomic mass is 32.2. The minimum atomic E-state index is -3.57. The van der Waals surface area contributed by atoms with Crippen molar-refractivity contribution in [3.8, 4) is 11.5 Å². The van der Waals surface area contributed by atoms with Gasteiger partial charge in [0.15, 0.2) is 11.5 Å². The Morgan fingerprint density at radius 1 is 1.09 bits per heavy atom. The van der Waals surface area contributed by atoms with Crippen molar-refractivity contribution in [2.75, 3.05) is 36.6 Å². The average Bonchev–Trinajstić information content (AvgIpc) is 3.40. The lowest BCUT2D eigenvalue weighted by Crippen LogP contribution is -2.31. The summed E-state index contributed by atoms with van der Waals surface area (Å²) in [5, 5.41) is 2.82. The van der Waals surface area contributed by atoms with Crippen LogP contribution in [0, 0.1) is 5.92 Å². The van der Waals surface area contributed by atoms with Crippen LogP contribution in [0.1, 0.15) is 20.3 Å². The highest BCUT2D eigenvalue weighted by Crippen LogP contribution is 2.35. The summed E-state index contributed by atoms with van der Waals surface area (Å²) in [6.45, 7) is 4.70. The van der Waals surface area contributed by atoms with Crippen LogP contribution in [-0.4, -0.2) is 51.0 Å². The molecule has 2 heterocycles. The first-order valence-electron chi connectivity index (χ1n) is 10.4. The summed E-state index contributed by atoms with van der Waals surface area (Å²) in [5.74, 6) is 0.214. The van der Waals surface area contributed by atoms with Gasteiger partial charge >= 0.3 is 0 Å². The van der Waals surface area contributed by atoms with E-state index >= 15 is 0 Å². The molecular weight excluding hydrogens is 434 g/mol.